The molecular weight excluding hydrogens is 343 g/mol. The van der Waals surface area contributed by atoms with Crippen LogP contribution in [0.4, 0.5) is 13.2 Å². The molecule has 3 nitrogen and oxygen atoms in total. The van der Waals surface area contributed by atoms with Gasteiger partial charge in [-0.3, -0.25) is 4.79 Å². The Labute approximate surface area is 148 Å². The molecule has 0 fully saturated rings. The zero-order valence-corrected chi connectivity index (χ0v) is 14.4. The number of aromatic nitrogens is 1. The van der Waals surface area contributed by atoms with E-state index in [9.17, 15) is 18.0 Å². The average Bonchev–Trinajstić information content (AvgIpc) is 2.58. The van der Waals surface area contributed by atoms with Gasteiger partial charge in [0, 0.05) is 10.9 Å². The molecule has 0 saturated carbocycles. The minimum atomic E-state index is -1.10. The van der Waals surface area contributed by atoms with Crippen LogP contribution in [0.2, 0.25) is 0 Å². The summed E-state index contributed by atoms with van der Waals surface area (Å²) in [4.78, 5) is 15.8. The Morgan fingerprint density at radius 1 is 1.08 bits per heavy atom. The highest BCUT2D eigenvalue weighted by molar-refractivity contribution is 5.88. The molecule has 26 heavy (non-hydrogen) atoms. The van der Waals surface area contributed by atoms with E-state index in [1.165, 1.54) is 37.4 Å². The van der Waals surface area contributed by atoms with Crippen molar-refractivity contribution in [1.29, 1.82) is 0 Å². The first kappa shape index (κ1) is 17.9. The van der Waals surface area contributed by atoms with Crippen molar-refractivity contribution in [3.8, 4) is 11.5 Å². The highest BCUT2D eigenvalue weighted by Crippen LogP contribution is 2.37. The number of nitrogens with zero attached hydrogens (tertiary/aromatic N) is 1. The van der Waals surface area contributed by atoms with Crippen molar-refractivity contribution >= 4 is 16.7 Å². The van der Waals surface area contributed by atoms with Crippen LogP contribution in [0.15, 0.2) is 42.6 Å². The summed E-state index contributed by atoms with van der Waals surface area (Å²) in [5.74, 6) is -2.44. The number of pyridine rings is 1. The summed E-state index contributed by atoms with van der Waals surface area (Å²) >= 11 is 0. The van der Waals surface area contributed by atoms with Crippen molar-refractivity contribution in [1.82, 2.24) is 4.98 Å². The third kappa shape index (κ3) is 3.03. The highest BCUT2D eigenvalue weighted by atomic mass is 19.2. The lowest BCUT2D eigenvalue weighted by molar-refractivity contribution is -0.121. The summed E-state index contributed by atoms with van der Waals surface area (Å²) in [5.41, 5.74) is -1.10. The van der Waals surface area contributed by atoms with Gasteiger partial charge < -0.3 is 4.74 Å². The van der Waals surface area contributed by atoms with Gasteiger partial charge >= 0.3 is 0 Å². The molecular formula is C20H16F3NO2. The molecule has 1 aromatic heterocycles. The standard InChI is InChI=1S/C20H16F3NO2/c1-11(25)20(2,3)17-14(21)5-4-6-16(17)26-13-9-12-7-8-15(22)18(23)19(12)24-10-13/h4-10H,1-3H3. The fourth-order valence-electron chi connectivity index (χ4n) is 2.68. The molecule has 0 bridgehead atoms. The second-order valence-electron chi connectivity index (χ2n) is 6.50. The normalized spacial score (nSPS) is 11.6. The van der Waals surface area contributed by atoms with Gasteiger partial charge in [-0.05, 0) is 51.1 Å². The third-order valence-electron chi connectivity index (χ3n) is 4.43. The fraction of sp³-hybridized carbons (Fsp3) is 0.200. The van der Waals surface area contributed by atoms with E-state index in [1.54, 1.807) is 19.9 Å². The smallest absolute Gasteiger partial charge is 0.184 e. The van der Waals surface area contributed by atoms with Crippen LogP contribution in [0, 0.1) is 17.5 Å². The fourth-order valence-corrected chi connectivity index (χ4v) is 2.68. The highest BCUT2D eigenvalue weighted by Gasteiger charge is 2.32. The lowest BCUT2D eigenvalue weighted by atomic mass is 9.80. The first-order valence-corrected chi connectivity index (χ1v) is 7.93. The number of carbonyl (C=O) groups is 1. The molecule has 3 rings (SSSR count). The summed E-state index contributed by atoms with van der Waals surface area (Å²) in [6, 6.07) is 8.10. The zero-order chi connectivity index (χ0) is 19.1. The number of Topliss-reactive ketones (excluding diaryl/α,β-unsaturated/α-hetero) is 1. The molecule has 2 aromatic carbocycles. The van der Waals surface area contributed by atoms with Crippen molar-refractivity contribution in [3.05, 3.63) is 65.6 Å². The molecule has 0 radical (unpaired) electrons. The van der Waals surface area contributed by atoms with Crippen LogP contribution in [0.5, 0.6) is 11.5 Å². The molecule has 1 heterocycles. The van der Waals surface area contributed by atoms with Gasteiger partial charge in [-0.2, -0.15) is 0 Å². The van der Waals surface area contributed by atoms with Crippen molar-refractivity contribution in [2.75, 3.05) is 0 Å². The molecule has 0 aliphatic heterocycles. The number of benzene rings is 2. The number of ether oxygens (including phenoxy) is 1. The van der Waals surface area contributed by atoms with Crippen LogP contribution >= 0.6 is 0 Å². The Kier molecular flexibility index (Phi) is 4.44. The molecule has 0 N–H and O–H groups in total. The van der Waals surface area contributed by atoms with Crippen LogP contribution in [-0.4, -0.2) is 10.8 Å². The molecule has 0 amide bonds. The van der Waals surface area contributed by atoms with Gasteiger partial charge in [0.15, 0.2) is 11.6 Å². The zero-order valence-electron chi connectivity index (χ0n) is 14.4. The maximum absolute atomic E-state index is 14.4. The van der Waals surface area contributed by atoms with Crippen molar-refractivity contribution in [3.63, 3.8) is 0 Å². The molecule has 0 unspecified atom stereocenters. The lowest BCUT2D eigenvalue weighted by Crippen LogP contribution is -2.28. The number of fused-ring (bicyclic) bond motifs is 1. The summed E-state index contributed by atoms with van der Waals surface area (Å²) in [6.45, 7) is 4.60. The van der Waals surface area contributed by atoms with Gasteiger partial charge in [-0.1, -0.05) is 6.07 Å². The van der Waals surface area contributed by atoms with Crippen LogP contribution in [0.3, 0.4) is 0 Å². The maximum Gasteiger partial charge on any atom is 0.184 e. The van der Waals surface area contributed by atoms with Crippen LogP contribution in [0.25, 0.3) is 10.9 Å². The van der Waals surface area contributed by atoms with E-state index in [0.717, 1.165) is 6.07 Å². The first-order chi connectivity index (χ1) is 12.2. The maximum atomic E-state index is 14.4. The van der Waals surface area contributed by atoms with Crippen molar-refractivity contribution in [2.45, 2.75) is 26.2 Å². The van der Waals surface area contributed by atoms with Crippen molar-refractivity contribution < 1.29 is 22.7 Å². The number of hydrogen-bond acceptors (Lipinski definition) is 3. The topological polar surface area (TPSA) is 39.2 Å². The van der Waals surface area contributed by atoms with E-state index in [4.69, 9.17) is 4.74 Å². The van der Waals surface area contributed by atoms with Crippen LogP contribution < -0.4 is 4.74 Å². The third-order valence-corrected chi connectivity index (χ3v) is 4.43. The van der Waals surface area contributed by atoms with E-state index >= 15 is 0 Å². The predicted octanol–water partition coefficient (Wildman–Crippen LogP) is 5.31. The summed E-state index contributed by atoms with van der Waals surface area (Å²) in [6.07, 6.45) is 1.22. The van der Waals surface area contributed by atoms with E-state index < -0.39 is 22.9 Å². The Morgan fingerprint density at radius 3 is 2.50 bits per heavy atom. The molecule has 0 spiro atoms. The number of ketones is 1. The van der Waals surface area contributed by atoms with E-state index in [0.29, 0.717) is 5.39 Å². The predicted molar refractivity (Wildman–Crippen MR) is 91.8 cm³/mol. The van der Waals surface area contributed by atoms with E-state index in [1.807, 2.05) is 0 Å². The second kappa shape index (κ2) is 6.44. The number of halogens is 3. The SMILES string of the molecule is CC(=O)C(C)(C)c1c(F)cccc1Oc1cnc2c(F)c(F)ccc2c1. The minimum absolute atomic E-state index is 0.123. The average molecular weight is 359 g/mol. The van der Waals surface area contributed by atoms with Gasteiger partial charge in [0.1, 0.15) is 28.6 Å². The molecule has 134 valence electrons. The number of rotatable bonds is 4. The molecule has 0 saturated heterocycles. The Bertz CT molecular complexity index is 1020. The summed E-state index contributed by atoms with van der Waals surface area (Å²) in [7, 11) is 0. The summed E-state index contributed by atoms with van der Waals surface area (Å²) < 4.78 is 47.2. The Morgan fingerprint density at radius 2 is 1.81 bits per heavy atom. The van der Waals surface area contributed by atoms with Crippen LogP contribution in [0.1, 0.15) is 26.3 Å². The molecule has 6 heteroatoms. The van der Waals surface area contributed by atoms with E-state index in [-0.39, 0.29) is 28.4 Å². The molecule has 3 aromatic rings. The molecule has 0 aliphatic carbocycles. The first-order valence-electron chi connectivity index (χ1n) is 7.93. The lowest BCUT2D eigenvalue weighted by Gasteiger charge is -2.25. The summed E-state index contributed by atoms with van der Waals surface area (Å²) in [5, 5.41) is 0.338. The van der Waals surface area contributed by atoms with Crippen LogP contribution in [-0.2, 0) is 10.2 Å². The van der Waals surface area contributed by atoms with E-state index in [2.05, 4.69) is 4.98 Å². The van der Waals surface area contributed by atoms with Gasteiger partial charge in [0.2, 0.25) is 0 Å². The largest absolute Gasteiger partial charge is 0.455 e. The van der Waals surface area contributed by atoms with Gasteiger partial charge in [0.25, 0.3) is 0 Å². The second-order valence-corrected chi connectivity index (χ2v) is 6.50. The van der Waals surface area contributed by atoms with Gasteiger partial charge in [-0.15, -0.1) is 0 Å². The molecule has 0 atom stereocenters. The minimum Gasteiger partial charge on any atom is -0.455 e. The Balaban J connectivity index is 2.08. The van der Waals surface area contributed by atoms with Crippen molar-refractivity contribution in [2.24, 2.45) is 0 Å². The molecule has 0 aliphatic rings. The van der Waals surface area contributed by atoms with Gasteiger partial charge in [-0.25, -0.2) is 18.2 Å². The monoisotopic (exact) mass is 359 g/mol. The quantitative estimate of drug-likeness (QED) is 0.634. The number of carbonyl (C=O) groups excluding carboxylic acids is 1. The Hall–Kier alpha value is -2.89. The number of hydrogen-bond donors (Lipinski definition) is 0. The van der Waals surface area contributed by atoms with Gasteiger partial charge in [0.05, 0.1) is 11.6 Å².